The van der Waals surface area contributed by atoms with Crippen molar-refractivity contribution in [3.05, 3.63) is 69.7 Å². The molecule has 1 aromatic heterocycles. The fourth-order valence-corrected chi connectivity index (χ4v) is 6.11. The van der Waals surface area contributed by atoms with E-state index in [1.54, 1.807) is 0 Å². The standard InChI is InChI=1S/C34H42N5O/c1-23-17-31(16-15-28(23)21-35)38-33(27-14-13-26-12-11-24(2)39(3,4)22-29(26)19-27)20-32(37-38)34(40)18-25-7-5-9-30(36)10-6-8-25/h12-17,19-20,22,24-25,30H,5-11,18,36H2,1-4H3/q+1. The summed E-state index contributed by atoms with van der Waals surface area (Å²) in [4.78, 5) is 13.6. The molecule has 1 aliphatic carbocycles. The molecule has 1 aliphatic heterocycles. The van der Waals surface area contributed by atoms with Crippen LogP contribution in [0.2, 0.25) is 0 Å². The number of carbonyl (C=O) groups is 1. The maximum atomic E-state index is 13.6. The smallest absolute Gasteiger partial charge is 0.183 e. The second-order valence-corrected chi connectivity index (χ2v) is 12.4. The van der Waals surface area contributed by atoms with Gasteiger partial charge in [0.1, 0.15) is 11.9 Å². The van der Waals surface area contributed by atoms with Crippen LogP contribution in [0.1, 0.15) is 79.9 Å². The van der Waals surface area contributed by atoms with E-state index < -0.39 is 0 Å². The minimum atomic E-state index is 0.0986. The average Bonchev–Trinajstić information content (AvgIpc) is 3.32. The molecule has 0 amide bonds. The highest BCUT2D eigenvalue weighted by Crippen LogP contribution is 2.29. The molecule has 5 rings (SSSR count). The number of benzene rings is 2. The molecule has 2 N–H and O–H groups in total. The first-order chi connectivity index (χ1) is 19.1. The van der Waals surface area contributed by atoms with Gasteiger partial charge in [0, 0.05) is 29.7 Å². The first-order valence-electron chi connectivity index (χ1n) is 14.7. The lowest BCUT2D eigenvalue weighted by atomic mass is 9.86. The summed E-state index contributed by atoms with van der Waals surface area (Å²) >= 11 is 0. The highest BCUT2D eigenvalue weighted by molar-refractivity contribution is 5.95. The van der Waals surface area contributed by atoms with Gasteiger partial charge in [0.05, 0.1) is 43.2 Å². The number of quaternary nitrogens is 1. The number of carbonyl (C=O) groups excluding carboxylic acids is 1. The van der Waals surface area contributed by atoms with Crippen LogP contribution in [0.15, 0.2) is 42.5 Å². The number of nitriles is 1. The van der Waals surface area contributed by atoms with E-state index in [4.69, 9.17) is 10.8 Å². The van der Waals surface area contributed by atoms with E-state index in [-0.39, 0.29) is 5.78 Å². The van der Waals surface area contributed by atoms with E-state index in [1.165, 1.54) is 10.4 Å². The third-order valence-electron chi connectivity index (χ3n) is 9.09. The molecule has 1 saturated carbocycles. The SMILES string of the molecule is Cc1cc(-n2nc(C(=O)CC3CCCC(N)CCC3)cc2-c2ccc3c(c2)=C[N+](C)(C)C(C)CC=3)ccc1C#N. The Morgan fingerprint density at radius 3 is 2.52 bits per heavy atom. The number of fused-ring (bicyclic) bond motifs is 1. The number of aryl methyl sites for hydroxylation is 1. The van der Waals surface area contributed by atoms with Gasteiger partial charge in [-0.3, -0.25) is 9.28 Å². The van der Waals surface area contributed by atoms with Crippen LogP contribution in [-0.4, -0.2) is 46.2 Å². The van der Waals surface area contributed by atoms with Crippen LogP contribution in [0.25, 0.3) is 29.2 Å². The molecular weight excluding hydrogens is 494 g/mol. The van der Waals surface area contributed by atoms with E-state index in [2.05, 4.69) is 57.6 Å². The lowest BCUT2D eigenvalue weighted by Gasteiger charge is -2.30. The Morgan fingerprint density at radius 1 is 1.07 bits per heavy atom. The van der Waals surface area contributed by atoms with Gasteiger partial charge in [-0.05, 0) is 86.6 Å². The highest BCUT2D eigenvalue weighted by atomic mass is 16.1. The summed E-state index contributed by atoms with van der Waals surface area (Å²) in [5, 5.41) is 16.8. The number of aromatic nitrogens is 2. The number of nitrogens with two attached hydrogens (primary N) is 1. The van der Waals surface area contributed by atoms with Crippen LogP contribution in [0.5, 0.6) is 0 Å². The second-order valence-electron chi connectivity index (χ2n) is 12.4. The van der Waals surface area contributed by atoms with Gasteiger partial charge in [-0.1, -0.05) is 31.1 Å². The first-order valence-corrected chi connectivity index (χ1v) is 14.7. The predicted molar refractivity (Wildman–Crippen MR) is 161 cm³/mol. The predicted octanol–water partition coefficient (Wildman–Crippen LogP) is 4.98. The summed E-state index contributed by atoms with van der Waals surface area (Å²) in [6, 6.07) is 17.3. The molecular formula is C34H42N5O+. The van der Waals surface area contributed by atoms with E-state index in [9.17, 15) is 10.1 Å². The lowest BCUT2D eigenvalue weighted by molar-refractivity contribution is -0.835. The molecule has 208 valence electrons. The molecule has 3 aromatic rings. The summed E-state index contributed by atoms with van der Waals surface area (Å²) in [7, 11) is 4.48. The molecule has 0 bridgehead atoms. The van der Waals surface area contributed by atoms with Crippen molar-refractivity contribution in [2.75, 3.05) is 14.1 Å². The van der Waals surface area contributed by atoms with Gasteiger partial charge in [0.2, 0.25) is 0 Å². The molecule has 0 radical (unpaired) electrons. The summed E-state index contributed by atoms with van der Waals surface area (Å²) < 4.78 is 2.68. The largest absolute Gasteiger partial charge is 0.328 e. The zero-order valence-electron chi connectivity index (χ0n) is 24.4. The van der Waals surface area contributed by atoms with Gasteiger partial charge in [-0.25, -0.2) is 4.68 Å². The number of rotatable bonds is 5. The highest BCUT2D eigenvalue weighted by Gasteiger charge is 2.24. The average molecular weight is 537 g/mol. The van der Waals surface area contributed by atoms with Crippen LogP contribution in [-0.2, 0) is 0 Å². The van der Waals surface area contributed by atoms with E-state index >= 15 is 0 Å². The third-order valence-corrected chi connectivity index (χ3v) is 9.09. The molecule has 6 nitrogen and oxygen atoms in total. The van der Waals surface area contributed by atoms with Crippen molar-refractivity contribution in [1.29, 1.82) is 5.26 Å². The first kappa shape index (κ1) is 28.0. The monoisotopic (exact) mass is 536 g/mol. The molecule has 1 fully saturated rings. The lowest BCUT2D eigenvalue weighted by Crippen LogP contribution is -2.42. The van der Waals surface area contributed by atoms with Crippen LogP contribution >= 0.6 is 0 Å². The molecule has 2 aromatic carbocycles. The van der Waals surface area contributed by atoms with E-state index in [0.29, 0.717) is 35.7 Å². The Labute approximate surface area is 238 Å². The van der Waals surface area contributed by atoms with Crippen molar-refractivity contribution in [3.8, 4) is 23.0 Å². The Hall–Kier alpha value is -3.53. The zero-order valence-corrected chi connectivity index (χ0v) is 24.4. The second kappa shape index (κ2) is 11.5. The minimum Gasteiger partial charge on any atom is -0.328 e. The fourth-order valence-electron chi connectivity index (χ4n) is 6.11. The summed E-state index contributed by atoms with van der Waals surface area (Å²) in [6.07, 6.45) is 12.5. The van der Waals surface area contributed by atoms with E-state index in [0.717, 1.165) is 71.9 Å². The van der Waals surface area contributed by atoms with E-state index in [1.807, 2.05) is 35.9 Å². The van der Waals surface area contributed by atoms with Crippen LogP contribution in [0.3, 0.4) is 0 Å². The molecule has 0 spiro atoms. The molecule has 0 saturated heterocycles. The quantitative estimate of drug-likeness (QED) is 0.368. The number of nitrogens with zero attached hydrogens (tertiary/aromatic N) is 4. The third kappa shape index (κ3) is 5.96. The fraction of sp³-hybridized carbons (Fsp3) is 0.441. The van der Waals surface area contributed by atoms with Gasteiger partial charge < -0.3 is 5.73 Å². The van der Waals surface area contributed by atoms with Crippen LogP contribution in [0, 0.1) is 24.2 Å². The molecule has 6 heteroatoms. The molecule has 1 unspecified atom stereocenters. The van der Waals surface area contributed by atoms with Gasteiger partial charge in [0.25, 0.3) is 0 Å². The molecule has 2 heterocycles. The van der Waals surface area contributed by atoms with Gasteiger partial charge in [-0.2, -0.15) is 10.4 Å². The number of hydrogen-bond acceptors (Lipinski definition) is 4. The van der Waals surface area contributed by atoms with Gasteiger partial charge >= 0.3 is 0 Å². The Bertz CT molecular complexity index is 1560. The van der Waals surface area contributed by atoms with Crippen molar-refractivity contribution in [2.24, 2.45) is 11.7 Å². The van der Waals surface area contributed by atoms with Gasteiger partial charge in [-0.15, -0.1) is 0 Å². The zero-order chi connectivity index (χ0) is 28.4. The Balaban J connectivity index is 1.56. The number of Topliss-reactive ketones (excluding diaryl/α,β-unsaturated/α-hetero) is 1. The van der Waals surface area contributed by atoms with Crippen molar-refractivity contribution < 1.29 is 9.28 Å². The van der Waals surface area contributed by atoms with Crippen molar-refractivity contribution >= 4 is 18.1 Å². The Kier molecular flexibility index (Phi) is 8.07. The molecule has 40 heavy (non-hydrogen) atoms. The van der Waals surface area contributed by atoms with Crippen LogP contribution < -0.4 is 16.2 Å². The Morgan fingerprint density at radius 2 is 1.82 bits per heavy atom. The maximum Gasteiger partial charge on any atom is 0.183 e. The number of ketones is 1. The normalized spacial score (nSPS) is 22.4. The summed E-state index contributed by atoms with van der Waals surface area (Å²) in [5.41, 5.74) is 11.0. The number of hydrogen-bond donors (Lipinski definition) is 1. The maximum absolute atomic E-state index is 13.6. The van der Waals surface area contributed by atoms with Crippen molar-refractivity contribution in [1.82, 2.24) is 9.78 Å². The summed E-state index contributed by atoms with van der Waals surface area (Å²) in [5.74, 6) is 0.479. The van der Waals surface area contributed by atoms with Crippen molar-refractivity contribution in [3.63, 3.8) is 0 Å². The molecule has 1 atom stereocenters. The van der Waals surface area contributed by atoms with Crippen LogP contribution in [0.4, 0.5) is 0 Å². The minimum absolute atomic E-state index is 0.0986. The van der Waals surface area contributed by atoms with Gasteiger partial charge in [0.15, 0.2) is 5.78 Å². The topological polar surface area (TPSA) is 84.7 Å². The molecule has 2 aliphatic rings. The summed E-state index contributed by atoms with van der Waals surface area (Å²) in [6.45, 7) is 4.22. The van der Waals surface area contributed by atoms with Crippen molar-refractivity contribution in [2.45, 2.75) is 77.3 Å².